The fourth-order valence-corrected chi connectivity index (χ4v) is 2.35. The number of ether oxygens (including phenoxy) is 2. The van der Waals surface area contributed by atoms with E-state index in [0.29, 0.717) is 29.3 Å². The molecule has 0 aliphatic heterocycles. The van der Waals surface area contributed by atoms with E-state index in [9.17, 15) is 9.59 Å². The zero-order valence-electron chi connectivity index (χ0n) is 14.7. The van der Waals surface area contributed by atoms with Crippen LogP contribution in [0.2, 0.25) is 0 Å². The Kier molecular flexibility index (Phi) is 5.79. The molecule has 0 unspecified atom stereocenters. The summed E-state index contributed by atoms with van der Waals surface area (Å²) in [7, 11) is 1.31. The molecule has 0 radical (unpaired) electrons. The molecule has 1 heterocycles. The van der Waals surface area contributed by atoms with Gasteiger partial charge in [-0.3, -0.25) is 4.79 Å². The topological polar surface area (TPSA) is 77.5 Å². The van der Waals surface area contributed by atoms with Gasteiger partial charge in [0.25, 0.3) is 5.91 Å². The van der Waals surface area contributed by atoms with E-state index in [2.05, 4.69) is 15.0 Å². The summed E-state index contributed by atoms with van der Waals surface area (Å²) in [6.07, 6.45) is 1.53. The molecule has 2 aromatic carbocycles. The number of anilines is 1. The van der Waals surface area contributed by atoms with Gasteiger partial charge < -0.3 is 14.8 Å². The van der Waals surface area contributed by atoms with E-state index < -0.39 is 5.97 Å². The lowest BCUT2D eigenvalue weighted by atomic mass is 10.1. The van der Waals surface area contributed by atoms with Crippen molar-refractivity contribution in [3.8, 4) is 5.88 Å². The summed E-state index contributed by atoms with van der Waals surface area (Å²) in [5, 5.41) is 2.75. The molecule has 0 aliphatic rings. The number of nitrogens with zero attached hydrogens (tertiary/aromatic N) is 1. The van der Waals surface area contributed by atoms with Gasteiger partial charge in [0.15, 0.2) is 0 Å². The summed E-state index contributed by atoms with van der Waals surface area (Å²) >= 11 is 0. The number of nitrogens with one attached hydrogen (secondary N) is 1. The minimum absolute atomic E-state index is 0.300. The van der Waals surface area contributed by atoms with Crippen molar-refractivity contribution in [2.45, 2.75) is 6.61 Å². The third-order valence-electron chi connectivity index (χ3n) is 3.79. The molecule has 0 saturated heterocycles. The maximum Gasteiger partial charge on any atom is 0.337 e. The Hall–Kier alpha value is -3.67. The predicted octanol–water partition coefficient (Wildman–Crippen LogP) is 3.70. The first-order chi connectivity index (χ1) is 13.2. The number of carbonyl (C=O) groups excluding carboxylic acids is 2. The number of amides is 1. The monoisotopic (exact) mass is 362 g/mol. The second-order valence-corrected chi connectivity index (χ2v) is 5.68. The largest absolute Gasteiger partial charge is 0.473 e. The van der Waals surface area contributed by atoms with Gasteiger partial charge in [-0.1, -0.05) is 30.3 Å². The molecule has 3 rings (SSSR count). The first kappa shape index (κ1) is 18.1. The lowest BCUT2D eigenvalue weighted by Crippen LogP contribution is -2.12. The highest BCUT2D eigenvalue weighted by molar-refractivity contribution is 6.04. The van der Waals surface area contributed by atoms with Gasteiger partial charge in [0.1, 0.15) is 6.61 Å². The molecule has 0 fully saturated rings. The smallest absolute Gasteiger partial charge is 0.337 e. The van der Waals surface area contributed by atoms with Crippen molar-refractivity contribution < 1.29 is 19.1 Å². The molecule has 27 heavy (non-hydrogen) atoms. The number of aromatic nitrogens is 1. The van der Waals surface area contributed by atoms with Gasteiger partial charge in [-0.05, 0) is 35.9 Å². The van der Waals surface area contributed by atoms with Gasteiger partial charge in [0, 0.05) is 11.6 Å². The van der Waals surface area contributed by atoms with Crippen LogP contribution in [0.3, 0.4) is 0 Å². The zero-order valence-corrected chi connectivity index (χ0v) is 14.7. The average molecular weight is 362 g/mol. The highest BCUT2D eigenvalue weighted by Crippen LogP contribution is 2.15. The van der Waals surface area contributed by atoms with E-state index in [4.69, 9.17) is 4.74 Å². The van der Waals surface area contributed by atoms with E-state index in [1.165, 1.54) is 13.3 Å². The normalized spacial score (nSPS) is 10.1. The Labute approximate surface area is 156 Å². The van der Waals surface area contributed by atoms with E-state index in [0.717, 1.165) is 5.56 Å². The summed E-state index contributed by atoms with van der Waals surface area (Å²) in [6, 6.07) is 19.4. The van der Waals surface area contributed by atoms with Crippen LogP contribution in [0, 0.1) is 0 Å². The second kappa shape index (κ2) is 8.62. The summed E-state index contributed by atoms with van der Waals surface area (Å²) in [5.74, 6) is -0.275. The van der Waals surface area contributed by atoms with Crippen LogP contribution < -0.4 is 10.1 Å². The molecule has 0 aliphatic carbocycles. The maximum atomic E-state index is 12.3. The van der Waals surface area contributed by atoms with E-state index >= 15 is 0 Å². The van der Waals surface area contributed by atoms with Crippen molar-refractivity contribution in [3.63, 3.8) is 0 Å². The van der Waals surface area contributed by atoms with Gasteiger partial charge >= 0.3 is 5.97 Å². The first-order valence-corrected chi connectivity index (χ1v) is 8.28. The van der Waals surface area contributed by atoms with Gasteiger partial charge in [0.05, 0.1) is 24.6 Å². The SMILES string of the molecule is COC(=O)c1ccc(C(=O)Nc2ccc(OCc3ccccc3)nc2)cc1. The maximum absolute atomic E-state index is 12.3. The van der Waals surface area contributed by atoms with Crippen molar-refractivity contribution in [2.75, 3.05) is 12.4 Å². The van der Waals surface area contributed by atoms with Gasteiger partial charge in [-0.25, -0.2) is 9.78 Å². The highest BCUT2D eigenvalue weighted by atomic mass is 16.5. The average Bonchev–Trinajstić information content (AvgIpc) is 2.73. The van der Waals surface area contributed by atoms with Crippen molar-refractivity contribution in [1.82, 2.24) is 4.98 Å². The van der Waals surface area contributed by atoms with Gasteiger partial charge in [0.2, 0.25) is 5.88 Å². The Morgan fingerprint density at radius 3 is 2.26 bits per heavy atom. The minimum Gasteiger partial charge on any atom is -0.473 e. The predicted molar refractivity (Wildman–Crippen MR) is 101 cm³/mol. The van der Waals surface area contributed by atoms with Gasteiger partial charge in [-0.2, -0.15) is 0 Å². The Morgan fingerprint density at radius 2 is 1.63 bits per heavy atom. The van der Waals surface area contributed by atoms with Crippen LogP contribution in [-0.2, 0) is 11.3 Å². The molecule has 0 spiro atoms. The molecular weight excluding hydrogens is 344 g/mol. The van der Waals surface area contributed by atoms with Crippen LogP contribution in [-0.4, -0.2) is 24.0 Å². The molecule has 0 saturated carbocycles. The fraction of sp³-hybridized carbons (Fsp3) is 0.0952. The van der Waals surface area contributed by atoms with Crippen LogP contribution in [0.25, 0.3) is 0 Å². The van der Waals surface area contributed by atoms with Crippen molar-refractivity contribution >= 4 is 17.6 Å². The number of carbonyl (C=O) groups is 2. The van der Waals surface area contributed by atoms with E-state index in [-0.39, 0.29) is 5.91 Å². The Balaban J connectivity index is 1.57. The van der Waals surface area contributed by atoms with Crippen LogP contribution >= 0.6 is 0 Å². The minimum atomic E-state index is -0.447. The second-order valence-electron chi connectivity index (χ2n) is 5.68. The quantitative estimate of drug-likeness (QED) is 0.677. The summed E-state index contributed by atoms with van der Waals surface area (Å²) in [5.41, 5.74) is 2.40. The van der Waals surface area contributed by atoms with Crippen LogP contribution in [0.4, 0.5) is 5.69 Å². The van der Waals surface area contributed by atoms with Crippen LogP contribution in [0.1, 0.15) is 26.3 Å². The highest BCUT2D eigenvalue weighted by Gasteiger charge is 2.09. The van der Waals surface area contributed by atoms with Crippen LogP contribution in [0.5, 0.6) is 5.88 Å². The molecule has 136 valence electrons. The van der Waals surface area contributed by atoms with E-state index in [1.807, 2.05) is 30.3 Å². The molecule has 6 nitrogen and oxygen atoms in total. The van der Waals surface area contributed by atoms with Crippen molar-refractivity contribution in [3.05, 3.63) is 89.6 Å². The third kappa shape index (κ3) is 4.92. The molecular formula is C21H18N2O4. The Bertz CT molecular complexity index is 907. The summed E-state index contributed by atoms with van der Waals surface area (Å²) in [4.78, 5) is 27.9. The number of benzene rings is 2. The summed E-state index contributed by atoms with van der Waals surface area (Å²) < 4.78 is 10.2. The lowest BCUT2D eigenvalue weighted by Gasteiger charge is -2.08. The molecule has 1 aromatic heterocycles. The lowest BCUT2D eigenvalue weighted by molar-refractivity contribution is 0.0600. The molecule has 0 atom stereocenters. The number of esters is 1. The summed E-state index contributed by atoms with van der Waals surface area (Å²) in [6.45, 7) is 0.423. The molecule has 6 heteroatoms. The third-order valence-corrected chi connectivity index (χ3v) is 3.79. The van der Waals surface area contributed by atoms with E-state index in [1.54, 1.807) is 36.4 Å². The van der Waals surface area contributed by atoms with Crippen molar-refractivity contribution in [1.29, 1.82) is 0 Å². The molecule has 1 N–H and O–H groups in total. The number of rotatable bonds is 6. The molecule has 0 bridgehead atoms. The van der Waals surface area contributed by atoms with Crippen molar-refractivity contribution in [2.24, 2.45) is 0 Å². The van der Waals surface area contributed by atoms with Crippen LogP contribution in [0.15, 0.2) is 72.9 Å². The number of methoxy groups -OCH3 is 1. The molecule has 1 amide bonds. The number of hydrogen-bond donors (Lipinski definition) is 1. The number of pyridine rings is 1. The fourth-order valence-electron chi connectivity index (χ4n) is 2.35. The van der Waals surface area contributed by atoms with Gasteiger partial charge in [-0.15, -0.1) is 0 Å². The standard InChI is InChI=1S/C21H18N2O4/c1-26-21(25)17-9-7-16(8-10-17)20(24)23-18-11-12-19(22-13-18)27-14-15-5-3-2-4-6-15/h2-13H,14H2,1H3,(H,23,24). The Morgan fingerprint density at radius 1 is 0.926 bits per heavy atom. The number of hydrogen-bond acceptors (Lipinski definition) is 5. The zero-order chi connectivity index (χ0) is 19.1. The molecule has 3 aromatic rings. The first-order valence-electron chi connectivity index (χ1n) is 8.28.